The quantitative estimate of drug-likeness (QED) is 0.795. The van der Waals surface area contributed by atoms with E-state index >= 15 is 0 Å². The van der Waals surface area contributed by atoms with Crippen LogP contribution in [0.2, 0.25) is 0 Å². The van der Waals surface area contributed by atoms with E-state index in [4.69, 9.17) is 4.74 Å². The van der Waals surface area contributed by atoms with Crippen molar-refractivity contribution in [2.24, 2.45) is 5.92 Å². The summed E-state index contributed by atoms with van der Waals surface area (Å²) < 4.78 is 43.7. The largest absolute Gasteiger partial charge is 0.416 e. The fourth-order valence-electron chi connectivity index (χ4n) is 3.17. The van der Waals surface area contributed by atoms with Gasteiger partial charge < -0.3 is 9.64 Å². The maximum absolute atomic E-state index is 12.8. The van der Waals surface area contributed by atoms with E-state index in [1.165, 1.54) is 12.1 Å². The van der Waals surface area contributed by atoms with Crippen LogP contribution >= 0.6 is 0 Å². The van der Waals surface area contributed by atoms with Crippen LogP contribution in [0.15, 0.2) is 18.2 Å². The molecule has 3 nitrogen and oxygen atoms in total. The molecule has 1 amide bonds. The first-order chi connectivity index (χ1) is 10.5. The molecular weight excluding hydrogens is 295 g/mol. The molecule has 0 atom stereocenters. The van der Waals surface area contributed by atoms with Crippen molar-refractivity contribution in [3.63, 3.8) is 0 Å². The number of halogens is 3. The summed E-state index contributed by atoms with van der Waals surface area (Å²) in [6.07, 6.45) is -1.70. The Bertz CT molecular complexity index is 565. The molecule has 1 aromatic carbocycles. The van der Waals surface area contributed by atoms with Crippen LogP contribution in [-0.2, 0) is 22.1 Å². The zero-order valence-electron chi connectivity index (χ0n) is 12.2. The summed E-state index contributed by atoms with van der Waals surface area (Å²) in [4.78, 5) is 14.3. The molecule has 6 heteroatoms. The smallest absolute Gasteiger partial charge is 0.381 e. The van der Waals surface area contributed by atoms with E-state index in [1.807, 2.05) is 0 Å². The zero-order chi connectivity index (χ0) is 15.7. The molecule has 0 aromatic heterocycles. The minimum atomic E-state index is -4.35. The highest BCUT2D eigenvalue weighted by Crippen LogP contribution is 2.36. The Morgan fingerprint density at radius 3 is 2.64 bits per heavy atom. The van der Waals surface area contributed by atoms with E-state index in [2.05, 4.69) is 0 Å². The van der Waals surface area contributed by atoms with Gasteiger partial charge in [-0.15, -0.1) is 0 Å². The number of fused-ring (bicyclic) bond motifs is 1. The zero-order valence-corrected chi connectivity index (χ0v) is 12.2. The third-order valence-corrected chi connectivity index (χ3v) is 4.36. The number of aryl methyl sites for hydroxylation is 1. The molecule has 22 heavy (non-hydrogen) atoms. The Morgan fingerprint density at radius 2 is 1.95 bits per heavy atom. The van der Waals surface area contributed by atoms with Crippen molar-refractivity contribution in [1.29, 1.82) is 0 Å². The number of carbonyl (C=O) groups is 1. The third-order valence-electron chi connectivity index (χ3n) is 4.36. The van der Waals surface area contributed by atoms with Crippen molar-refractivity contribution < 1.29 is 22.7 Å². The highest BCUT2D eigenvalue weighted by molar-refractivity contribution is 5.96. The van der Waals surface area contributed by atoms with E-state index in [0.717, 1.165) is 6.07 Å². The number of benzene rings is 1. The SMILES string of the molecule is O=C(C1CCOCC1)N1CCCc2cc(C(F)(F)F)ccc21. The molecule has 2 aliphatic heterocycles. The van der Waals surface area contributed by atoms with Crippen LogP contribution in [0.25, 0.3) is 0 Å². The molecule has 1 fully saturated rings. The molecule has 2 heterocycles. The molecule has 1 saturated heterocycles. The van der Waals surface area contributed by atoms with Gasteiger partial charge >= 0.3 is 6.18 Å². The lowest BCUT2D eigenvalue weighted by molar-refractivity contribution is -0.137. The van der Waals surface area contributed by atoms with Crippen LogP contribution in [0.4, 0.5) is 18.9 Å². The van der Waals surface area contributed by atoms with Gasteiger partial charge in [-0.2, -0.15) is 13.2 Å². The molecule has 0 saturated carbocycles. The van der Waals surface area contributed by atoms with Gasteiger partial charge in [-0.1, -0.05) is 0 Å². The van der Waals surface area contributed by atoms with E-state index < -0.39 is 11.7 Å². The van der Waals surface area contributed by atoms with Gasteiger partial charge in [0.15, 0.2) is 0 Å². The van der Waals surface area contributed by atoms with Gasteiger partial charge in [0.1, 0.15) is 0 Å². The van der Waals surface area contributed by atoms with Gasteiger partial charge in [-0.05, 0) is 49.4 Å². The molecule has 0 spiro atoms. The lowest BCUT2D eigenvalue weighted by Crippen LogP contribution is -2.41. The monoisotopic (exact) mass is 313 g/mol. The fourth-order valence-corrected chi connectivity index (χ4v) is 3.17. The second-order valence-corrected chi connectivity index (χ2v) is 5.82. The standard InChI is InChI=1S/C16H18F3NO2/c17-16(18,19)13-3-4-14-12(10-13)2-1-7-20(14)15(21)11-5-8-22-9-6-11/h3-4,10-11H,1-2,5-9H2. The van der Waals surface area contributed by atoms with E-state index in [0.29, 0.717) is 56.7 Å². The molecule has 2 aliphatic rings. The number of hydrogen-bond acceptors (Lipinski definition) is 2. The van der Waals surface area contributed by atoms with Gasteiger partial charge in [-0.3, -0.25) is 4.79 Å². The van der Waals surface area contributed by atoms with Crippen molar-refractivity contribution in [2.75, 3.05) is 24.7 Å². The average Bonchev–Trinajstić information content (AvgIpc) is 2.53. The number of alkyl halides is 3. The number of hydrogen-bond donors (Lipinski definition) is 0. The molecule has 0 radical (unpaired) electrons. The third kappa shape index (κ3) is 2.97. The van der Waals surface area contributed by atoms with Crippen molar-refractivity contribution in [3.8, 4) is 0 Å². The lowest BCUT2D eigenvalue weighted by atomic mass is 9.94. The highest BCUT2D eigenvalue weighted by Gasteiger charge is 2.34. The molecule has 0 bridgehead atoms. The van der Waals surface area contributed by atoms with Gasteiger partial charge in [-0.25, -0.2) is 0 Å². The molecule has 1 aromatic rings. The van der Waals surface area contributed by atoms with Crippen LogP contribution in [-0.4, -0.2) is 25.7 Å². The Balaban J connectivity index is 1.86. The maximum atomic E-state index is 12.8. The Kier molecular flexibility index (Phi) is 4.12. The summed E-state index contributed by atoms with van der Waals surface area (Å²) in [5.41, 5.74) is 0.601. The second kappa shape index (κ2) is 5.91. The summed E-state index contributed by atoms with van der Waals surface area (Å²) in [5.74, 6) is -0.0639. The minimum Gasteiger partial charge on any atom is -0.381 e. The van der Waals surface area contributed by atoms with E-state index in [1.54, 1.807) is 4.90 Å². The Morgan fingerprint density at radius 1 is 1.23 bits per heavy atom. The van der Waals surface area contributed by atoms with Crippen LogP contribution < -0.4 is 4.90 Å². The molecule has 3 rings (SSSR count). The summed E-state index contributed by atoms with van der Waals surface area (Å²) >= 11 is 0. The molecular formula is C16H18F3NO2. The number of anilines is 1. The predicted octanol–water partition coefficient (Wildman–Crippen LogP) is 3.41. The number of ether oxygens (including phenoxy) is 1. The predicted molar refractivity (Wildman–Crippen MR) is 75.7 cm³/mol. The Labute approximate surface area is 127 Å². The normalized spacial score (nSPS) is 19.9. The highest BCUT2D eigenvalue weighted by atomic mass is 19.4. The lowest BCUT2D eigenvalue weighted by Gasteiger charge is -2.34. The van der Waals surface area contributed by atoms with Crippen LogP contribution in [0, 0.1) is 5.92 Å². The van der Waals surface area contributed by atoms with E-state index in [9.17, 15) is 18.0 Å². The molecule has 0 unspecified atom stereocenters. The fraction of sp³-hybridized carbons (Fsp3) is 0.562. The van der Waals surface area contributed by atoms with E-state index in [-0.39, 0.29) is 11.8 Å². The van der Waals surface area contributed by atoms with Crippen LogP contribution in [0.1, 0.15) is 30.4 Å². The van der Waals surface area contributed by atoms with Gasteiger partial charge in [0, 0.05) is 31.4 Å². The first kappa shape index (κ1) is 15.3. The average molecular weight is 313 g/mol. The summed E-state index contributed by atoms with van der Waals surface area (Å²) in [7, 11) is 0. The maximum Gasteiger partial charge on any atom is 0.416 e. The van der Waals surface area contributed by atoms with Gasteiger partial charge in [0.25, 0.3) is 0 Å². The minimum absolute atomic E-state index is 0.0176. The van der Waals surface area contributed by atoms with Gasteiger partial charge in [0.2, 0.25) is 5.91 Å². The number of carbonyl (C=O) groups excluding carboxylic acids is 1. The number of amides is 1. The van der Waals surface area contributed by atoms with Crippen molar-refractivity contribution >= 4 is 11.6 Å². The summed E-state index contributed by atoms with van der Waals surface area (Å²) in [6.45, 7) is 1.72. The summed E-state index contributed by atoms with van der Waals surface area (Å²) in [6, 6.07) is 3.68. The van der Waals surface area contributed by atoms with Crippen molar-refractivity contribution in [2.45, 2.75) is 31.9 Å². The molecule has 0 N–H and O–H groups in total. The molecule has 120 valence electrons. The van der Waals surface area contributed by atoms with Gasteiger partial charge in [0.05, 0.1) is 5.56 Å². The van der Waals surface area contributed by atoms with Crippen molar-refractivity contribution in [1.82, 2.24) is 0 Å². The molecule has 0 aliphatic carbocycles. The topological polar surface area (TPSA) is 29.5 Å². The number of rotatable bonds is 1. The van der Waals surface area contributed by atoms with Crippen LogP contribution in [0.3, 0.4) is 0 Å². The summed E-state index contributed by atoms with van der Waals surface area (Å²) in [5, 5.41) is 0. The first-order valence-corrected chi connectivity index (χ1v) is 7.56. The number of nitrogens with zero attached hydrogens (tertiary/aromatic N) is 1. The second-order valence-electron chi connectivity index (χ2n) is 5.82. The van der Waals surface area contributed by atoms with Crippen LogP contribution in [0.5, 0.6) is 0 Å². The first-order valence-electron chi connectivity index (χ1n) is 7.56. The van der Waals surface area contributed by atoms with Crippen molar-refractivity contribution in [3.05, 3.63) is 29.3 Å². The Hall–Kier alpha value is -1.56.